The molecule has 2 aliphatic rings. The quantitative estimate of drug-likeness (QED) is 0.674. The van der Waals surface area contributed by atoms with Crippen LogP contribution in [0.25, 0.3) is 6.08 Å². The molecular formula is C24H24FN3O3S. The van der Waals surface area contributed by atoms with E-state index in [9.17, 15) is 18.8 Å². The summed E-state index contributed by atoms with van der Waals surface area (Å²) in [5.41, 5.74) is 2.56. The molecule has 32 heavy (non-hydrogen) atoms. The van der Waals surface area contributed by atoms with Gasteiger partial charge in [0.05, 0.1) is 11.4 Å². The Kier molecular flexibility index (Phi) is 6.60. The summed E-state index contributed by atoms with van der Waals surface area (Å²) in [5.74, 6) is -1.10. The molecule has 6 nitrogen and oxygen atoms in total. The van der Waals surface area contributed by atoms with Gasteiger partial charge in [-0.05, 0) is 55.3 Å². The lowest BCUT2D eigenvalue weighted by Crippen LogP contribution is -2.46. The molecule has 8 heteroatoms. The third-order valence-corrected chi connectivity index (χ3v) is 6.61. The number of benzene rings is 2. The third-order valence-electron chi connectivity index (χ3n) is 5.70. The van der Waals surface area contributed by atoms with E-state index in [-0.39, 0.29) is 42.1 Å². The molecule has 2 heterocycles. The van der Waals surface area contributed by atoms with Gasteiger partial charge in [0.25, 0.3) is 11.1 Å². The predicted octanol–water partition coefficient (Wildman–Crippen LogP) is 3.82. The maximum Gasteiger partial charge on any atom is 0.293 e. The predicted molar refractivity (Wildman–Crippen MR) is 124 cm³/mol. The van der Waals surface area contributed by atoms with E-state index in [0.29, 0.717) is 0 Å². The number of nitrogens with zero attached hydrogens (tertiary/aromatic N) is 2. The average Bonchev–Trinajstić information content (AvgIpc) is 3.04. The van der Waals surface area contributed by atoms with E-state index in [1.807, 2.05) is 18.2 Å². The Morgan fingerprint density at radius 3 is 2.75 bits per heavy atom. The number of carbonyl (C=O) groups excluding carboxylic acids is 3. The second-order valence-corrected chi connectivity index (χ2v) is 8.84. The molecule has 1 fully saturated rings. The highest BCUT2D eigenvalue weighted by atomic mass is 32.2. The average molecular weight is 454 g/mol. The van der Waals surface area contributed by atoms with Crippen molar-refractivity contribution in [2.24, 2.45) is 0 Å². The minimum Gasteiger partial charge on any atom is -0.359 e. The van der Waals surface area contributed by atoms with E-state index in [4.69, 9.17) is 0 Å². The molecule has 0 spiro atoms. The summed E-state index contributed by atoms with van der Waals surface area (Å²) in [6, 6.07) is 14.4. The van der Waals surface area contributed by atoms with Crippen LogP contribution in [0.2, 0.25) is 0 Å². The Bertz CT molecular complexity index is 1090. The maximum atomic E-state index is 13.9. The maximum absolute atomic E-state index is 13.9. The van der Waals surface area contributed by atoms with E-state index >= 15 is 0 Å². The minimum atomic E-state index is -0.476. The smallest absolute Gasteiger partial charge is 0.293 e. The van der Waals surface area contributed by atoms with Crippen LogP contribution in [0.15, 0.2) is 53.4 Å². The number of thioether (sulfide) groups is 1. The van der Waals surface area contributed by atoms with Gasteiger partial charge in [0, 0.05) is 30.4 Å². The number of carbonyl (C=O) groups is 3. The first-order chi connectivity index (χ1) is 15.4. The summed E-state index contributed by atoms with van der Waals surface area (Å²) in [7, 11) is 0. The van der Waals surface area contributed by atoms with Crippen LogP contribution in [0, 0.1) is 5.82 Å². The Morgan fingerprint density at radius 2 is 1.94 bits per heavy atom. The van der Waals surface area contributed by atoms with Gasteiger partial charge < -0.3 is 10.2 Å². The Hall–Kier alpha value is -3.13. The van der Waals surface area contributed by atoms with Crippen LogP contribution in [-0.2, 0) is 16.0 Å². The lowest BCUT2D eigenvalue weighted by molar-refractivity contribution is -0.124. The van der Waals surface area contributed by atoms with Gasteiger partial charge in [-0.15, -0.1) is 0 Å². The summed E-state index contributed by atoms with van der Waals surface area (Å²) in [4.78, 5) is 40.7. The van der Waals surface area contributed by atoms with Crippen molar-refractivity contribution in [1.29, 1.82) is 0 Å². The van der Waals surface area contributed by atoms with Crippen LogP contribution in [0.5, 0.6) is 0 Å². The Labute approximate surface area is 190 Å². The van der Waals surface area contributed by atoms with E-state index in [0.717, 1.165) is 35.2 Å². The molecule has 0 bridgehead atoms. The fourth-order valence-corrected chi connectivity index (χ4v) is 4.80. The van der Waals surface area contributed by atoms with Crippen molar-refractivity contribution < 1.29 is 18.8 Å². The van der Waals surface area contributed by atoms with Crippen LogP contribution in [-0.4, -0.2) is 47.6 Å². The molecule has 3 amide bonds. The molecule has 0 aliphatic carbocycles. The zero-order chi connectivity index (χ0) is 22.7. The number of halogens is 1. The van der Waals surface area contributed by atoms with Crippen molar-refractivity contribution in [3.8, 4) is 0 Å². The molecule has 1 atom stereocenters. The van der Waals surface area contributed by atoms with Crippen molar-refractivity contribution >= 4 is 40.6 Å². The van der Waals surface area contributed by atoms with Crippen LogP contribution >= 0.6 is 11.8 Å². The molecule has 2 aromatic rings. The molecule has 4 rings (SSSR count). The summed E-state index contributed by atoms with van der Waals surface area (Å²) in [6.07, 6.45) is 3.36. The second kappa shape index (κ2) is 9.56. The number of amides is 3. The van der Waals surface area contributed by atoms with E-state index in [1.54, 1.807) is 18.2 Å². The van der Waals surface area contributed by atoms with E-state index < -0.39 is 17.0 Å². The summed E-state index contributed by atoms with van der Waals surface area (Å²) in [6.45, 7) is 2.55. The molecule has 1 N–H and O–H groups in total. The standard InChI is InChI=1S/C24H24FN3O3S/c1-16-10-11-17-6-3-5-9-20(17)28(16)15-22(29)26-12-13-27-23(30)21(32-24(27)31)14-18-7-2-4-8-19(18)25/h2-9,14,16H,10-13,15H2,1H3,(H,26,29)/b21-14-/t16-/m1/s1. The number of anilines is 1. The number of aryl methyl sites for hydroxylation is 1. The molecule has 0 aromatic heterocycles. The van der Waals surface area contributed by atoms with Gasteiger partial charge in [-0.1, -0.05) is 36.4 Å². The number of fused-ring (bicyclic) bond motifs is 1. The van der Waals surface area contributed by atoms with Gasteiger partial charge in [0.2, 0.25) is 5.91 Å². The minimum absolute atomic E-state index is 0.0666. The van der Waals surface area contributed by atoms with E-state index in [2.05, 4.69) is 23.2 Å². The van der Waals surface area contributed by atoms with Crippen LogP contribution < -0.4 is 10.2 Å². The van der Waals surface area contributed by atoms with Gasteiger partial charge in [-0.2, -0.15) is 0 Å². The van der Waals surface area contributed by atoms with Gasteiger partial charge >= 0.3 is 0 Å². The molecular weight excluding hydrogens is 429 g/mol. The Balaban J connectivity index is 1.33. The zero-order valence-corrected chi connectivity index (χ0v) is 18.5. The van der Waals surface area contributed by atoms with Gasteiger partial charge in [-0.3, -0.25) is 19.3 Å². The van der Waals surface area contributed by atoms with Crippen LogP contribution in [0.1, 0.15) is 24.5 Å². The summed E-state index contributed by atoms with van der Waals surface area (Å²) in [5, 5.41) is 2.38. The number of imide groups is 1. The lowest BCUT2D eigenvalue weighted by atomic mass is 9.97. The monoisotopic (exact) mass is 453 g/mol. The number of rotatable bonds is 6. The fraction of sp³-hybridized carbons (Fsp3) is 0.292. The topological polar surface area (TPSA) is 69.7 Å². The van der Waals surface area contributed by atoms with Gasteiger partial charge in [0.15, 0.2) is 0 Å². The SMILES string of the molecule is C[C@@H]1CCc2ccccc2N1CC(=O)NCCN1C(=O)S/C(=C\c2ccccc2F)C1=O. The molecule has 2 aromatic carbocycles. The number of para-hydroxylation sites is 1. The molecule has 1 saturated heterocycles. The zero-order valence-electron chi connectivity index (χ0n) is 17.7. The first-order valence-electron chi connectivity index (χ1n) is 10.5. The normalized spacial score (nSPS) is 19.4. The summed E-state index contributed by atoms with van der Waals surface area (Å²) < 4.78 is 13.9. The molecule has 0 unspecified atom stereocenters. The molecule has 166 valence electrons. The third kappa shape index (κ3) is 4.70. The fourth-order valence-electron chi connectivity index (χ4n) is 3.94. The first kappa shape index (κ1) is 22.1. The van der Waals surface area contributed by atoms with Gasteiger partial charge in [0.1, 0.15) is 5.82 Å². The largest absolute Gasteiger partial charge is 0.359 e. The van der Waals surface area contributed by atoms with Crippen LogP contribution in [0.3, 0.4) is 0 Å². The molecule has 2 aliphatic heterocycles. The summed E-state index contributed by atoms with van der Waals surface area (Å²) >= 11 is 0.776. The van der Waals surface area contributed by atoms with Crippen molar-refractivity contribution in [1.82, 2.24) is 10.2 Å². The lowest BCUT2D eigenvalue weighted by Gasteiger charge is -2.36. The van der Waals surface area contributed by atoms with Gasteiger partial charge in [-0.25, -0.2) is 4.39 Å². The number of hydrogen-bond donors (Lipinski definition) is 1. The highest BCUT2D eigenvalue weighted by Crippen LogP contribution is 2.32. The van der Waals surface area contributed by atoms with Crippen molar-refractivity contribution in [3.63, 3.8) is 0 Å². The number of hydrogen-bond acceptors (Lipinski definition) is 5. The molecule has 0 saturated carbocycles. The highest BCUT2D eigenvalue weighted by molar-refractivity contribution is 8.18. The van der Waals surface area contributed by atoms with Crippen molar-refractivity contribution in [2.45, 2.75) is 25.8 Å². The van der Waals surface area contributed by atoms with E-state index in [1.165, 1.54) is 17.7 Å². The van der Waals surface area contributed by atoms with Crippen LogP contribution in [0.4, 0.5) is 14.9 Å². The highest BCUT2D eigenvalue weighted by Gasteiger charge is 2.35. The second-order valence-electron chi connectivity index (χ2n) is 7.85. The Morgan fingerprint density at radius 1 is 1.19 bits per heavy atom. The van der Waals surface area contributed by atoms with Crippen molar-refractivity contribution in [3.05, 3.63) is 70.4 Å². The number of nitrogens with one attached hydrogen (secondary N) is 1. The molecule has 0 radical (unpaired) electrons. The first-order valence-corrected chi connectivity index (χ1v) is 11.4. The van der Waals surface area contributed by atoms with Crippen molar-refractivity contribution in [2.75, 3.05) is 24.5 Å².